The maximum atomic E-state index is 12.5. The first-order valence-electron chi connectivity index (χ1n) is 3.60. The SMILES string of the molecule is CC(C)(C)c1nnc(F)cc1Cl. The zero-order chi connectivity index (χ0) is 9.35. The lowest BCUT2D eigenvalue weighted by Crippen LogP contribution is -2.15. The van der Waals surface area contributed by atoms with Crippen LogP contribution >= 0.6 is 11.6 Å². The van der Waals surface area contributed by atoms with Gasteiger partial charge in [0.05, 0.1) is 10.7 Å². The first kappa shape index (κ1) is 9.39. The van der Waals surface area contributed by atoms with Gasteiger partial charge in [-0.3, -0.25) is 0 Å². The Hall–Kier alpha value is -0.700. The van der Waals surface area contributed by atoms with Gasteiger partial charge in [-0.25, -0.2) is 0 Å². The molecule has 1 aromatic rings. The van der Waals surface area contributed by atoms with Gasteiger partial charge in [-0.05, 0) is 0 Å². The van der Waals surface area contributed by atoms with Crippen LogP contribution in [0.3, 0.4) is 0 Å². The first-order valence-corrected chi connectivity index (χ1v) is 3.98. The third kappa shape index (κ3) is 1.91. The normalized spacial score (nSPS) is 11.8. The van der Waals surface area contributed by atoms with E-state index < -0.39 is 5.95 Å². The van der Waals surface area contributed by atoms with Crippen molar-refractivity contribution >= 4 is 11.6 Å². The fraction of sp³-hybridized carbons (Fsp3) is 0.500. The Balaban J connectivity index is 3.19. The van der Waals surface area contributed by atoms with Gasteiger partial charge in [-0.15, -0.1) is 5.10 Å². The standard InChI is InChI=1S/C8H10ClFN2/c1-8(2,3)7-5(9)4-6(10)11-12-7/h4H,1-3H3. The molecule has 4 heteroatoms. The summed E-state index contributed by atoms with van der Waals surface area (Å²) in [5.74, 6) is -0.645. The van der Waals surface area contributed by atoms with Crippen molar-refractivity contribution in [3.63, 3.8) is 0 Å². The molecule has 0 N–H and O–H groups in total. The monoisotopic (exact) mass is 188 g/mol. The summed E-state index contributed by atoms with van der Waals surface area (Å²) in [6.45, 7) is 5.84. The number of hydrogen-bond donors (Lipinski definition) is 0. The summed E-state index contributed by atoms with van der Waals surface area (Å²) in [6, 6.07) is 1.18. The topological polar surface area (TPSA) is 25.8 Å². The predicted octanol–water partition coefficient (Wildman–Crippen LogP) is 2.57. The molecule has 12 heavy (non-hydrogen) atoms. The van der Waals surface area contributed by atoms with Crippen LogP contribution in [0.5, 0.6) is 0 Å². The van der Waals surface area contributed by atoms with E-state index in [-0.39, 0.29) is 5.41 Å². The molecule has 1 aromatic heterocycles. The van der Waals surface area contributed by atoms with E-state index in [1.165, 1.54) is 6.07 Å². The van der Waals surface area contributed by atoms with E-state index in [0.29, 0.717) is 10.7 Å². The summed E-state index contributed by atoms with van der Waals surface area (Å²) in [5.41, 5.74) is 0.420. The van der Waals surface area contributed by atoms with E-state index in [0.717, 1.165) is 0 Å². The van der Waals surface area contributed by atoms with E-state index in [4.69, 9.17) is 11.6 Å². The Morgan fingerprint density at radius 2 is 1.92 bits per heavy atom. The van der Waals surface area contributed by atoms with E-state index in [1.807, 2.05) is 20.8 Å². The van der Waals surface area contributed by atoms with Crippen LogP contribution in [-0.4, -0.2) is 10.2 Å². The van der Waals surface area contributed by atoms with Crippen LogP contribution in [0, 0.1) is 5.95 Å². The summed E-state index contributed by atoms with van der Waals surface area (Å²) in [4.78, 5) is 0. The van der Waals surface area contributed by atoms with Crippen molar-refractivity contribution in [3.05, 3.63) is 22.7 Å². The molecule has 1 rings (SSSR count). The van der Waals surface area contributed by atoms with E-state index in [1.54, 1.807) is 0 Å². The summed E-state index contributed by atoms with van der Waals surface area (Å²) in [6.07, 6.45) is 0. The average molecular weight is 189 g/mol. The van der Waals surface area contributed by atoms with Crippen LogP contribution in [-0.2, 0) is 5.41 Å². The molecule has 0 atom stereocenters. The molecule has 0 saturated carbocycles. The van der Waals surface area contributed by atoms with Gasteiger partial charge in [0.2, 0.25) is 5.95 Å². The second-order valence-electron chi connectivity index (χ2n) is 3.61. The van der Waals surface area contributed by atoms with Crippen molar-refractivity contribution in [1.29, 1.82) is 0 Å². The lowest BCUT2D eigenvalue weighted by molar-refractivity contribution is 0.519. The predicted molar refractivity (Wildman–Crippen MR) is 45.7 cm³/mol. The van der Waals surface area contributed by atoms with Crippen LogP contribution in [0.15, 0.2) is 6.07 Å². The number of aromatic nitrogens is 2. The minimum atomic E-state index is -0.645. The molecule has 0 spiro atoms. The molecule has 0 bridgehead atoms. The van der Waals surface area contributed by atoms with Gasteiger partial charge in [0.25, 0.3) is 0 Å². The van der Waals surface area contributed by atoms with Crippen LogP contribution < -0.4 is 0 Å². The Morgan fingerprint density at radius 1 is 1.33 bits per heavy atom. The lowest BCUT2D eigenvalue weighted by atomic mass is 9.92. The zero-order valence-corrected chi connectivity index (χ0v) is 7.98. The molecule has 0 aliphatic rings. The highest BCUT2D eigenvalue weighted by Crippen LogP contribution is 2.26. The van der Waals surface area contributed by atoms with Crippen LogP contribution in [0.2, 0.25) is 5.02 Å². The maximum absolute atomic E-state index is 12.5. The molecule has 0 unspecified atom stereocenters. The Morgan fingerprint density at radius 3 is 2.33 bits per heavy atom. The van der Waals surface area contributed by atoms with E-state index in [2.05, 4.69) is 10.2 Å². The van der Waals surface area contributed by atoms with Crippen molar-refractivity contribution in [2.45, 2.75) is 26.2 Å². The van der Waals surface area contributed by atoms with Gasteiger partial charge in [0, 0.05) is 11.5 Å². The molecule has 0 aliphatic carbocycles. The fourth-order valence-corrected chi connectivity index (χ4v) is 1.27. The molecular weight excluding hydrogens is 179 g/mol. The quantitative estimate of drug-likeness (QED) is 0.626. The van der Waals surface area contributed by atoms with Crippen molar-refractivity contribution in [1.82, 2.24) is 10.2 Å². The molecule has 0 saturated heterocycles. The fourth-order valence-electron chi connectivity index (χ4n) is 0.856. The van der Waals surface area contributed by atoms with Gasteiger partial charge < -0.3 is 0 Å². The second kappa shape index (κ2) is 2.98. The third-order valence-corrected chi connectivity index (χ3v) is 1.72. The minimum Gasteiger partial charge on any atom is -0.183 e. The Kier molecular flexibility index (Phi) is 2.33. The molecule has 0 aromatic carbocycles. The number of halogens is 2. The molecular formula is C8H10ClFN2. The highest BCUT2D eigenvalue weighted by Gasteiger charge is 2.20. The van der Waals surface area contributed by atoms with Crippen LogP contribution in [0.1, 0.15) is 26.5 Å². The van der Waals surface area contributed by atoms with Crippen molar-refractivity contribution < 1.29 is 4.39 Å². The number of nitrogens with zero attached hydrogens (tertiary/aromatic N) is 2. The second-order valence-corrected chi connectivity index (χ2v) is 4.02. The third-order valence-electron chi connectivity index (χ3n) is 1.43. The van der Waals surface area contributed by atoms with Crippen LogP contribution in [0.25, 0.3) is 0 Å². The Labute approximate surface area is 75.8 Å². The zero-order valence-electron chi connectivity index (χ0n) is 7.23. The molecule has 0 fully saturated rings. The maximum Gasteiger partial charge on any atom is 0.234 e. The molecule has 0 amide bonds. The summed E-state index contributed by atoms with van der Waals surface area (Å²) < 4.78 is 12.5. The van der Waals surface area contributed by atoms with Gasteiger partial charge in [-0.2, -0.15) is 9.49 Å². The van der Waals surface area contributed by atoms with Gasteiger partial charge in [0.15, 0.2) is 0 Å². The number of hydrogen-bond acceptors (Lipinski definition) is 2. The van der Waals surface area contributed by atoms with Crippen molar-refractivity contribution in [3.8, 4) is 0 Å². The molecule has 0 radical (unpaired) electrons. The molecule has 1 heterocycles. The Bertz CT molecular complexity index is 294. The minimum absolute atomic E-state index is 0.197. The summed E-state index contributed by atoms with van der Waals surface area (Å²) in [5, 5.41) is 7.33. The largest absolute Gasteiger partial charge is 0.234 e. The molecule has 0 aliphatic heterocycles. The molecule has 66 valence electrons. The van der Waals surface area contributed by atoms with Gasteiger partial charge in [-0.1, -0.05) is 32.4 Å². The summed E-state index contributed by atoms with van der Waals surface area (Å²) >= 11 is 5.77. The number of rotatable bonds is 0. The van der Waals surface area contributed by atoms with Gasteiger partial charge in [0.1, 0.15) is 0 Å². The summed E-state index contributed by atoms with van der Waals surface area (Å²) in [7, 11) is 0. The highest BCUT2D eigenvalue weighted by molar-refractivity contribution is 6.31. The van der Waals surface area contributed by atoms with E-state index in [9.17, 15) is 4.39 Å². The van der Waals surface area contributed by atoms with Crippen molar-refractivity contribution in [2.75, 3.05) is 0 Å². The van der Waals surface area contributed by atoms with E-state index >= 15 is 0 Å². The first-order chi connectivity index (χ1) is 5.41. The molecule has 2 nitrogen and oxygen atoms in total. The van der Waals surface area contributed by atoms with Crippen molar-refractivity contribution in [2.24, 2.45) is 0 Å². The lowest BCUT2D eigenvalue weighted by Gasteiger charge is -2.17. The van der Waals surface area contributed by atoms with Gasteiger partial charge >= 0.3 is 0 Å². The average Bonchev–Trinajstić information content (AvgIpc) is 1.83. The van der Waals surface area contributed by atoms with Crippen LogP contribution in [0.4, 0.5) is 4.39 Å². The highest BCUT2D eigenvalue weighted by atomic mass is 35.5. The smallest absolute Gasteiger partial charge is 0.183 e.